The maximum absolute atomic E-state index is 12.6. The lowest BCUT2D eigenvalue weighted by atomic mass is 9.79. The second-order valence-electron chi connectivity index (χ2n) is 8.08. The van der Waals surface area contributed by atoms with Crippen molar-refractivity contribution in [3.8, 4) is 5.75 Å². The van der Waals surface area contributed by atoms with Crippen LogP contribution in [-0.2, 0) is 20.9 Å². The molecule has 184 valence electrons. The van der Waals surface area contributed by atoms with E-state index in [1.807, 2.05) is 18.2 Å². The van der Waals surface area contributed by atoms with Crippen molar-refractivity contribution in [2.24, 2.45) is 5.92 Å². The summed E-state index contributed by atoms with van der Waals surface area (Å²) in [6, 6.07) is 12.3. The third-order valence-electron chi connectivity index (χ3n) is 5.73. The predicted molar refractivity (Wildman–Crippen MR) is 113 cm³/mol. The first-order chi connectivity index (χ1) is 16.1. The number of phenolic OH excluding ortho intramolecular Hbond substituents is 1. The molecule has 2 aromatic rings. The maximum atomic E-state index is 12.6. The second-order valence-corrected chi connectivity index (χ2v) is 8.08. The number of benzene rings is 1. The number of carboxylic acid groups (broad SMARTS) is 1. The number of hydrogen-bond acceptors (Lipinski definition) is 6. The lowest BCUT2D eigenvalue weighted by Gasteiger charge is -2.50. The fourth-order valence-electron chi connectivity index (χ4n) is 3.99. The number of aromatic nitrogens is 1. The van der Waals surface area contributed by atoms with Gasteiger partial charge in [0, 0.05) is 25.0 Å². The summed E-state index contributed by atoms with van der Waals surface area (Å²) in [6.07, 6.45) is -1.40. The van der Waals surface area contributed by atoms with Gasteiger partial charge in [0.1, 0.15) is 11.4 Å². The predicted octanol–water partition coefficient (Wildman–Crippen LogP) is 3.26. The number of amides is 1. The molecule has 2 fully saturated rings. The van der Waals surface area contributed by atoms with E-state index in [9.17, 15) is 23.1 Å². The van der Waals surface area contributed by atoms with E-state index in [1.54, 1.807) is 29.3 Å². The highest BCUT2D eigenvalue weighted by Crippen LogP contribution is 2.42. The molecule has 2 aliphatic rings. The van der Waals surface area contributed by atoms with E-state index < -0.39 is 12.1 Å². The molecule has 1 aromatic heterocycles. The molecule has 11 heteroatoms. The number of hydrogen-bond donors (Lipinski definition) is 2. The molecule has 2 aliphatic heterocycles. The number of nitrogens with zero attached hydrogens (tertiary/aromatic N) is 2. The average Bonchev–Trinajstić information content (AvgIpc) is 3.20. The van der Waals surface area contributed by atoms with Crippen molar-refractivity contribution < 1.29 is 42.4 Å². The number of halogens is 3. The minimum atomic E-state index is -5.08. The van der Waals surface area contributed by atoms with Gasteiger partial charge < -0.3 is 24.6 Å². The normalized spacial score (nSPS) is 18.7. The molecule has 34 heavy (non-hydrogen) atoms. The molecule has 0 bridgehead atoms. The Bertz CT molecular complexity index is 980. The Kier molecular flexibility index (Phi) is 8.11. The Morgan fingerprint density at radius 3 is 2.56 bits per heavy atom. The van der Waals surface area contributed by atoms with E-state index in [2.05, 4.69) is 4.98 Å². The van der Waals surface area contributed by atoms with Gasteiger partial charge in [-0.1, -0.05) is 12.1 Å². The van der Waals surface area contributed by atoms with Gasteiger partial charge in [0.25, 0.3) is 5.91 Å². The summed E-state index contributed by atoms with van der Waals surface area (Å²) < 4.78 is 43.5. The van der Waals surface area contributed by atoms with E-state index in [0.29, 0.717) is 37.8 Å². The summed E-state index contributed by atoms with van der Waals surface area (Å²) in [5, 5.41) is 16.7. The van der Waals surface area contributed by atoms with Gasteiger partial charge in [-0.25, -0.2) is 4.79 Å². The quantitative estimate of drug-likeness (QED) is 0.609. The molecular formula is C23H25F3N2O6. The van der Waals surface area contributed by atoms with Crippen LogP contribution in [0.25, 0.3) is 0 Å². The van der Waals surface area contributed by atoms with Crippen LogP contribution in [-0.4, -0.2) is 70.1 Å². The van der Waals surface area contributed by atoms with Crippen molar-refractivity contribution in [3.05, 3.63) is 59.9 Å². The van der Waals surface area contributed by atoms with Crippen molar-refractivity contribution in [1.29, 1.82) is 0 Å². The summed E-state index contributed by atoms with van der Waals surface area (Å²) in [7, 11) is 0. The third-order valence-corrected chi connectivity index (χ3v) is 5.73. The highest BCUT2D eigenvalue weighted by molar-refractivity contribution is 5.95. The number of carbonyl (C=O) groups is 2. The largest absolute Gasteiger partial charge is 0.508 e. The van der Waals surface area contributed by atoms with Crippen molar-refractivity contribution in [1.82, 2.24) is 9.88 Å². The van der Waals surface area contributed by atoms with Crippen LogP contribution in [0.3, 0.4) is 0 Å². The summed E-state index contributed by atoms with van der Waals surface area (Å²) in [6.45, 7) is 3.12. The SMILES string of the molecule is O=C(O)C(F)(F)F.O=C(c1cccc(O)c1)N1CC2(C1)OCCC2CCOCc1ccccn1. The minimum Gasteiger partial charge on any atom is -0.508 e. The molecule has 1 spiro atoms. The lowest BCUT2D eigenvalue weighted by molar-refractivity contribution is -0.192. The van der Waals surface area contributed by atoms with Gasteiger partial charge >= 0.3 is 12.1 Å². The highest BCUT2D eigenvalue weighted by atomic mass is 19.4. The molecule has 3 heterocycles. The first-order valence-corrected chi connectivity index (χ1v) is 10.6. The van der Waals surface area contributed by atoms with Gasteiger partial charge in [-0.05, 0) is 49.1 Å². The number of rotatable bonds is 6. The number of carbonyl (C=O) groups excluding carboxylic acids is 1. The number of carboxylic acids is 1. The fraction of sp³-hybridized carbons (Fsp3) is 0.435. The monoisotopic (exact) mass is 482 g/mol. The van der Waals surface area contributed by atoms with E-state index in [1.165, 1.54) is 6.07 Å². The molecule has 8 nitrogen and oxygen atoms in total. The van der Waals surface area contributed by atoms with Crippen molar-refractivity contribution in [2.45, 2.75) is 31.2 Å². The topological polar surface area (TPSA) is 109 Å². The van der Waals surface area contributed by atoms with Gasteiger partial charge in [0.05, 0.1) is 25.4 Å². The molecular weight excluding hydrogens is 457 g/mol. The van der Waals surface area contributed by atoms with Crippen molar-refractivity contribution in [2.75, 3.05) is 26.3 Å². The van der Waals surface area contributed by atoms with Gasteiger partial charge in [0.2, 0.25) is 0 Å². The molecule has 1 amide bonds. The Labute approximate surface area is 193 Å². The molecule has 1 unspecified atom stereocenters. The first-order valence-electron chi connectivity index (χ1n) is 10.6. The van der Waals surface area contributed by atoms with Crippen LogP contribution >= 0.6 is 0 Å². The summed E-state index contributed by atoms with van der Waals surface area (Å²) in [5.41, 5.74) is 1.21. The van der Waals surface area contributed by atoms with E-state index >= 15 is 0 Å². The molecule has 0 aliphatic carbocycles. The van der Waals surface area contributed by atoms with Gasteiger partial charge in [0.15, 0.2) is 0 Å². The fourth-order valence-corrected chi connectivity index (χ4v) is 3.99. The number of likely N-dealkylation sites (tertiary alicyclic amines) is 1. The van der Waals surface area contributed by atoms with Crippen molar-refractivity contribution in [3.63, 3.8) is 0 Å². The summed E-state index contributed by atoms with van der Waals surface area (Å²) in [4.78, 5) is 27.5. The molecule has 0 radical (unpaired) electrons. The summed E-state index contributed by atoms with van der Waals surface area (Å²) >= 11 is 0. The Hall–Kier alpha value is -3.18. The van der Waals surface area contributed by atoms with Gasteiger partial charge in [-0.3, -0.25) is 9.78 Å². The van der Waals surface area contributed by atoms with Crippen LogP contribution in [0.5, 0.6) is 5.75 Å². The third kappa shape index (κ3) is 6.45. The zero-order valence-corrected chi connectivity index (χ0v) is 18.2. The second kappa shape index (κ2) is 10.8. The zero-order chi connectivity index (χ0) is 24.8. The molecule has 1 atom stereocenters. The Balaban J connectivity index is 0.000000406. The van der Waals surface area contributed by atoms with Crippen LogP contribution in [0.15, 0.2) is 48.7 Å². The lowest BCUT2D eigenvalue weighted by Crippen LogP contribution is -2.66. The highest BCUT2D eigenvalue weighted by Gasteiger charge is 2.54. The smallest absolute Gasteiger partial charge is 0.490 e. The molecule has 2 N–H and O–H groups in total. The van der Waals surface area contributed by atoms with Crippen LogP contribution in [0.4, 0.5) is 13.2 Å². The van der Waals surface area contributed by atoms with E-state index in [4.69, 9.17) is 19.4 Å². The van der Waals surface area contributed by atoms with E-state index in [-0.39, 0.29) is 17.3 Å². The Morgan fingerprint density at radius 1 is 1.21 bits per heavy atom. The number of aromatic hydroxyl groups is 1. The molecule has 0 saturated carbocycles. The number of ether oxygens (including phenoxy) is 2. The Morgan fingerprint density at radius 2 is 1.94 bits per heavy atom. The first kappa shape index (κ1) is 25.4. The molecule has 1 aromatic carbocycles. The molecule has 4 rings (SSSR count). The minimum absolute atomic E-state index is 0.0582. The van der Waals surface area contributed by atoms with Gasteiger partial charge in [-0.2, -0.15) is 13.2 Å². The number of aliphatic carboxylic acids is 1. The number of phenols is 1. The average molecular weight is 482 g/mol. The van der Waals surface area contributed by atoms with Gasteiger partial charge in [-0.15, -0.1) is 0 Å². The van der Waals surface area contributed by atoms with Crippen LogP contribution in [0.2, 0.25) is 0 Å². The van der Waals surface area contributed by atoms with Crippen LogP contribution in [0.1, 0.15) is 28.9 Å². The zero-order valence-electron chi connectivity index (χ0n) is 18.2. The number of pyridine rings is 1. The van der Waals surface area contributed by atoms with Crippen molar-refractivity contribution >= 4 is 11.9 Å². The maximum Gasteiger partial charge on any atom is 0.490 e. The molecule has 2 saturated heterocycles. The standard InChI is InChI=1S/C21H24N2O4.C2HF3O2/c24-19-6-3-4-16(12-19)20(25)23-14-21(15-23)17(8-11-27-21)7-10-26-13-18-5-1-2-9-22-18;3-2(4,5)1(6)7/h1-6,9,12,17,24H,7-8,10-11,13-15H2;(H,6,7). The summed E-state index contributed by atoms with van der Waals surface area (Å²) in [5.74, 6) is -2.31. The number of alkyl halides is 3. The van der Waals surface area contributed by atoms with E-state index in [0.717, 1.165) is 25.1 Å². The van der Waals surface area contributed by atoms with Crippen LogP contribution < -0.4 is 0 Å². The van der Waals surface area contributed by atoms with Crippen LogP contribution in [0, 0.1) is 5.92 Å².